The van der Waals surface area contributed by atoms with Gasteiger partial charge >= 0.3 is 0 Å². The van der Waals surface area contributed by atoms with Crippen molar-refractivity contribution in [3.05, 3.63) is 38.4 Å². The minimum absolute atomic E-state index is 1.14. The molecule has 0 amide bonds. The fourth-order valence-electron chi connectivity index (χ4n) is 2.88. The van der Waals surface area contributed by atoms with Gasteiger partial charge in [-0.1, -0.05) is 27.6 Å². The number of hydrogen-bond donors (Lipinski definition) is 0. The Morgan fingerprint density at radius 1 is 1.13 bits per heavy atom. The van der Waals surface area contributed by atoms with Gasteiger partial charge in [-0.05, 0) is 67.3 Å². The average Bonchev–Trinajstić information content (AvgIpc) is 2.61. The first-order valence-electron chi connectivity index (χ1n) is 5.76. The highest BCUT2D eigenvalue weighted by Crippen LogP contribution is 2.38. The van der Waals surface area contributed by atoms with Gasteiger partial charge in [-0.2, -0.15) is 0 Å². The lowest BCUT2D eigenvalue weighted by atomic mass is 9.87. The smallest absolute Gasteiger partial charge is 0.0219 e. The molecule has 0 saturated carbocycles. The Hall–Kier alpha value is -0.560. The number of halogens is 1. The molecule has 0 heterocycles. The number of rotatable bonds is 0. The van der Waals surface area contributed by atoms with E-state index >= 15 is 0 Å². The molecule has 0 bridgehead atoms. The van der Waals surface area contributed by atoms with Gasteiger partial charge in [0.1, 0.15) is 0 Å². The zero-order chi connectivity index (χ0) is 10.4. The van der Waals surface area contributed by atoms with Gasteiger partial charge in [0.25, 0.3) is 0 Å². The molecule has 1 heteroatoms. The highest BCUT2D eigenvalue weighted by molar-refractivity contribution is 9.10. The van der Waals surface area contributed by atoms with Crippen LogP contribution in [0.1, 0.15) is 42.0 Å². The molecule has 2 aliphatic rings. The highest BCUT2D eigenvalue weighted by atomic mass is 79.9. The van der Waals surface area contributed by atoms with Gasteiger partial charge in [-0.15, -0.1) is 0 Å². The van der Waals surface area contributed by atoms with Gasteiger partial charge in [-0.25, -0.2) is 0 Å². The van der Waals surface area contributed by atoms with Crippen LogP contribution in [0.3, 0.4) is 0 Å². The van der Waals surface area contributed by atoms with Crippen molar-refractivity contribution in [2.45, 2.75) is 39.0 Å². The molecule has 0 nitrogen and oxygen atoms in total. The first-order chi connectivity index (χ1) is 7.25. The fraction of sp³-hybridized carbons (Fsp3) is 0.429. The van der Waals surface area contributed by atoms with E-state index in [-0.39, 0.29) is 0 Å². The third-order valence-corrected chi connectivity index (χ3v) is 4.30. The molecular weight excluding hydrogens is 248 g/mol. The van der Waals surface area contributed by atoms with Crippen LogP contribution in [0.4, 0.5) is 0 Å². The standard InChI is InChI=1S/C14H15Br/c1-9-6-12-11-5-3-2-4-10(11)8-14(15)13(12)7-9/h6,8H,2-5,7H2,1H3. The first-order valence-corrected chi connectivity index (χ1v) is 6.55. The second-order valence-corrected chi connectivity index (χ2v) is 5.62. The van der Waals surface area contributed by atoms with Crippen molar-refractivity contribution in [3.8, 4) is 0 Å². The monoisotopic (exact) mass is 262 g/mol. The highest BCUT2D eigenvalue weighted by Gasteiger charge is 2.21. The molecule has 3 rings (SSSR count). The summed E-state index contributed by atoms with van der Waals surface area (Å²) in [5, 5.41) is 0. The van der Waals surface area contributed by atoms with Crippen LogP contribution in [-0.4, -0.2) is 0 Å². The zero-order valence-corrected chi connectivity index (χ0v) is 10.7. The SMILES string of the molecule is CC1=Cc2c(c(Br)cc3c2CCCC3)C1. The Bertz CT molecular complexity index is 455. The average molecular weight is 263 g/mol. The van der Waals surface area contributed by atoms with Crippen LogP contribution in [0, 0.1) is 0 Å². The maximum Gasteiger partial charge on any atom is 0.0219 e. The summed E-state index contributed by atoms with van der Waals surface area (Å²) < 4.78 is 1.33. The third-order valence-electron chi connectivity index (χ3n) is 3.60. The topological polar surface area (TPSA) is 0 Å². The summed E-state index contributed by atoms with van der Waals surface area (Å²) in [5.41, 5.74) is 7.78. The van der Waals surface area contributed by atoms with Gasteiger partial charge in [0.2, 0.25) is 0 Å². The maximum absolute atomic E-state index is 3.72. The molecule has 0 saturated heterocycles. The first kappa shape index (κ1) is 9.65. The van der Waals surface area contributed by atoms with Gasteiger partial charge in [0.15, 0.2) is 0 Å². The molecule has 1 aromatic rings. The van der Waals surface area contributed by atoms with Crippen molar-refractivity contribution in [3.63, 3.8) is 0 Å². The normalized spacial score (nSPS) is 18.4. The summed E-state index contributed by atoms with van der Waals surface area (Å²) in [6.07, 6.45) is 8.82. The lowest BCUT2D eigenvalue weighted by molar-refractivity contribution is 0.683. The molecule has 15 heavy (non-hydrogen) atoms. The van der Waals surface area contributed by atoms with E-state index in [1.807, 2.05) is 0 Å². The van der Waals surface area contributed by atoms with E-state index in [2.05, 4.69) is 35.0 Å². The van der Waals surface area contributed by atoms with Crippen molar-refractivity contribution in [2.75, 3.05) is 0 Å². The van der Waals surface area contributed by atoms with Crippen molar-refractivity contribution < 1.29 is 0 Å². The summed E-state index contributed by atoms with van der Waals surface area (Å²) in [6.45, 7) is 2.24. The van der Waals surface area contributed by atoms with Gasteiger partial charge in [0.05, 0.1) is 0 Å². The zero-order valence-electron chi connectivity index (χ0n) is 9.07. The lowest BCUT2D eigenvalue weighted by Crippen LogP contribution is -2.06. The number of fused-ring (bicyclic) bond motifs is 3. The van der Waals surface area contributed by atoms with E-state index in [4.69, 9.17) is 0 Å². The largest absolute Gasteiger partial charge is 0.0683 e. The molecule has 0 fully saturated rings. The van der Waals surface area contributed by atoms with Crippen LogP contribution >= 0.6 is 15.9 Å². The predicted octanol–water partition coefficient (Wildman–Crippen LogP) is 4.29. The molecular formula is C14H15Br. The van der Waals surface area contributed by atoms with Crippen molar-refractivity contribution in [1.82, 2.24) is 0 Å². The number of hydrogen-bond acceptors (Lipinski definition) is 0. The Kier molecular flexibility index (Phi) is 2.24. The summed E-state index contributed by atoms with van der Waals surface area (Å²) in [4.78, 5) is 0. The third kappa shape index (κ3) is 1.48. The molecule has 0 radical (unpaired) electrons. The Morgan fingerprint density at radius 2 is 1.93 bits per heavy atom. The summed E-state index contributed by atoms with van der Waals surface area (Å²) >= 11 is 3.72. The van der Waals surface area contributed by atoms with Crippen LogP contribution < -0.4 is 0 Å². The minimum atomic E-state index is 1.14. The van der Waals surface area contributed by atoms with E-state index in [9.17, 15) is 0 Å². The van der Waals surface area contributed by atoms with E-state index in [1.54, 1.807) is 11.1 Å². The quantitative estimate of drug-likeness (QED) is 0.655. The van der Waals surface area contributed by atoms with E-state index < -0.39 is 0 Å². The number of aryl methyl sites for hydroxylation is 1. The van der Waals surface area contributed by atoms with Crippen LogP contribution in [0.25, 0.3) is 6.08 Å². The number of benzene rings is 1. The minimum Gasteiger partial charge on any atom is -0.0683 e. The van der Waals surface area contributed by atoms with Crippen LogP contribution in [0.5, 0.6) is 0 Å². The second kappa shape index (κ2) is 3.48. The molecule has 0 N–H and O–H groups in total. The second-order valence-electron chi connectivity index (χ2n) is 4.76. The molecule has 2 aliphatic carbocycles. The Balaban J connectivity index is 2.24. The lowest BCUT2D eigenvalue weighted by Gasteiger charge is -2.20. The molecule has 0 atom stereocenters. The Morgan fingerprint density at radius 3 is 2.80 bits per heavy atom. The maximum atomic E-state index is 3.72. The predicted molar refractivity (Wildman–Crippen MR) is 68.1 cm³/mol. The van der Waals surface area contributed by atoms with E-state index in [0.717, 1.165) is 6.42 Å². The van der Waals surface area contributed by atoms with Crippen molar-refractivity contribution in [2.24, 2.45) is 0 Å². The summed E-state index contributed by atoms with van der Waals surface area (Å²) in [7, 11) is 0. The summed E-state index contributed by atoms with van der Waals surface area (Å²) in [5.74, 6) is 0. The van der Waals surface area contributed by atoms with Gasteiger partial charge in [0, 0.05) is 4.47 Å². The van der Waals surface area contributed by atoms with Crippen molar-refractivity contribution in [1.29, 1.82) is 0 Å². The Labute approximate surface area is 99.5 Å². The van der Waals surface area contributed by atoms with Gasteiger partial charge in [-0.3, -0.25) is 0 Å². The van der Waals surface area contributed by atoms with Crippen molar-refractivity contribution >= 4 is 22.0 Å². The summed E-state index contributed by atoms with van der Waals surface area (Å²) in [6, 6.07) is 2.36. The fourth-order valence-corrected chi connectivity index (χ4v) is 3.51. The molecule has 0 aromatic heterocycles. The molecule has 0 unspecified atom stereocenters. The van der Waals surface area contributed by atoms with Gasteiger partial charge < -0.3 is 0 Å². The molecule has 0 spiro atoms. The van der Waals surface area contributed by atoms with Crippen LogP contribution in [0.15, 0.2) is 16.1 Å². The molecule has 0 aliphatic heterocycles. The van der Waals surface area contributed by atoms with Crippen LogP contribution in [-0.2, 0) is 19.3 Å². The van der Waals surface area contributed by atoms with E-state index in [0.29, 0.717) is 0 Å². The van der Waals surface area contributed by atoms with E-state index in [1.165, 1.54) is 46.9 Å². The van der Waals surface area contributed by atoms with Crippen LogP contribution in [0.2, 0.25) is 0 Å². The number of allylic oxidation sites excluding steroid dienone is 1. The molecule has 1 aromatic carbocycles. The molecule has 78 valence electrons.